The molecule has 1 aromatic rings. The van der Waals surface area contributed by atoms with Crippen LogP contribution in [0.3, 0.4) is 0 Å². The molecular formula is C11H7N2O3S2-. The summed E-state index contributed by atoms with van der Waals surface area (Å²) < 4.78 is 0.214. The molecule has 1 fully saturated rings. The Morgan fingerprint density at radius 3 is 2.94 bits per heavy atom. The fourth-order valence-corrected chi connectivity index (χ4v) is 2.60. The molecule has 92 valence electrons. The normalized spacial score (nSPS) is 17.6. The maximum absolute atomic E-state index is 11.9. The summed E-state index contributed by atoms with van der Waals surface area (Å²) in [4.78, 5) is 27.8. The summed E-state index contributed by atoms with van der Waals surface area (Å²) in [6, 6.07) is 5.30. The van der Waals surface area contributed by atoms with Gasteiger partial charge in [0.2, 0.25) is 0 Å². The van der Waals surface area contributed by atoms with Gasteiger partial charge in [-0.3, -0.25) is 14.7 Å². The highest BCUT2D eigenvalue weighted by Crippen LogP contribution is 2.31. The van der Waals surface area contributed by atoms with Crippen molar-refractivity contribution >= 4 is 46.3 Å². The Bertz CT molecular complexity index is 542. The van der Waals surface area contributed by atoms with Crippen LogP contribution >= 0.6 is 24.0 Å². The van der Waals surface area contributed by atoms with Crippen molar-refractivity contribution in [2.75, 3.05) is 6.54 Å². The van der Waals surface area contributed by atoms with Crippen LogP contribution in [0.5, 0.6) is 0 Å². The van der Waals surface area contributed by atoms with Gasteiger partial charge in [0.15, 0.2) is 0 Å². The highest BCUT2D eigenvalue weighted by Gasteiger charge is 2.31. The largest absolute Gasteiger partial charge is 0.548 e. The monoisotopic (exact) mass is 279 g/mol. The lowest BCUT2D eigenvalue weighted by molar-refractivity contribution is -0.305. The van der Waals surface area contributed by atoms with E-state index >= 15 is 0 Å². The first kappa shape index (κ1) is 12.7. The standard InChI is InChI=1S/C11H8N2O3S2/c14-9(15)6-13-10(16)8(18-11(13)17)5-7-3-1-2-4-12-7/h1-5H,6H2,(H,14,15)/p-1. The molecule has 5 nitrogen and oxygen atoms in total. The van der Waals surface area contributed by atoms with E-state index < -0.39 is 18.4 Å². The summed E-state index contributed by atoms with van der Waals surface area (Å²) in [7, 11) is 0. The van der Waals surface area contributed by atoms with Gasteiger partial charge in [0.1, 0.15) is 4.32 Å². The molecule has 1 aliphatic heterocycles. The number of carboxylic acids is 1. The highest BCUT2D eigenvalue weighted by atomic mass is 32.2. The number of thioether (sulfide) groups is 1. The smallest absolute Gasteiger partial charge is 0.266 e. The molecule has 0 spiro atoms. The number of carbonyl (C=O) groups is 2. The van der Waals surface area contributed by atoms with Crippen LogP contribution in [0, 0.1) is 0 Å². The van der Waals surface area contributed by atoms with E-state index in [-0.39, 0.29) is 4.32 Å². The highest BCUT2D eigenvalue weighted by molar-refractivity contribution is 8.26. The zero-order chi connectivity index (χ0) is 13.1. The van der Waals surface area contributed by atoms with Crippen molar-refractivity contribution in [2.45, 2.75) is 0 Å². The molecule has 0 aromatic carbocycles. The molecule has 0 aliphatic carbocycles. The predicted octanol–water partition coefficient (Wildman–Crippen LogP) is 0.0327. The molecule has 0 bridgehead atoms. The van der Waals surface area contributed by atoms with Crippen molar-refractivity contribution in [2.24, 2.45) is 0 Å². The second kappa shape index (κ2) is 5.28. The van der Waals surface area contributed by atoms with Crippen LogP contribution in [-0.2, 0) is 9.59 Å². The van der Waals surface area contributed by atoms with E-state index in [9.17, 15) is 14.7 Å². The van der Waals surface area contributed by atoms with Gasteiger partial charge in [0.05, 0.1) is 23.1 Å². The number of aliphatic carboxylic acids is 1. The fraction of sp³-hybridized carbons (Fsp3) is 0.0909. The molecule has 1 amide bonds. The molecule has 1 aliphatic rings. The molecule has 0 atom stereocenters. The predicted molar refractivity (Wildman–Crippen MR) is 69.1 cm³/mol. The fourth-order valence-electron chi connectivity index (χ4n) is 1.36. The molecule has 0 saturated carbocycles. The van der Waals surface area contributed by atoms with Crippen molar-refractivity contribution in [3.8, 4) is 0 Å². The van der Waals surface area contributed by atoms with Crippen LogP contribution in [-0.4, -0.2) is 32.6 Å². The molecule has 7 heteroatoms. The lowest BCUT2D eigenvalue weighted by atomic mass is 10.3. The first-order valence-electron chi connectivity index (χ1n) is 4.94. The summed E-state index contributed by atoms with van der Waals surface area (Å²) >= 11 is 6.00. The lowest BCUT2D eigenvalue weighted by Crippen LogP contribution is -2.40. The minimum Gasteiger partial charge on any atom is -0.548 e. The number of carbonyl (C=O) groups excluding carboxylic acids is 2. The molecule has 0 N–H and O–H groups in total. The Labute approximate surface area is 113 Å². The number of aromatic nitrogens is 1. The third-order valence-electron chi connectivity index (χ3n) is 2.13. The third-order valence-corrected chi connectivity index (χ3v) is 3.51. The van der Waals surface area contributed by atoms with Crippen LogP contribution in [0.15, 0.2) is 29.3 Å². The number of hydrogen-bond donors (Lipinski definition) is 0. The lowest BCUT2D eigenvalue weighted by Gasteiger charge is -2.14. The number of hydrogen-bond acceptors (Lipinski definition) is 6. The van der Waals surface area contributed by atoms with Crippen molar-refractivity contribution in [1.82, 2.24) is 9.88 Å². The van der Waals surface area contributed by atoms with Crippen LogP contribution in [0.1, 0.15) is 5.69 Å². The number of nitrogens with zero attached hydrogens (tertiary/aromatic N) is 2. The number of carboxylic acid groups (broad SMARTS) is 1. The van der Waals surface area contributed by atoms with Gasteiger partial charge in [0, 0.05) is 6.20 Å². The second-order valence-corrected chi connectivity index (χ2v) is 5.07. The number of pyridine rings is 1. The van der Waals surface area contributed by atoms with Gasteiger partial charge < -0.3 is 9.90 Å². The van der Waals surface area contributed by atoms with E-state index in [1.54, 1.807) is 30.5 Å². The van der Waals surface area contributed by atoms with E-state index in [2.05, 4.69) is 4.98 Å². The van der Waals surface area contributed by atoms with E-state index in [0.29, 0.717) is 10.6 Å². The van der Waals surface area contributed by atoms with Crippen molar-refractivity contribution in [1.29, 1.82) is 0 Å². The first-order chi connectivity index (χ1) is 8.58. The van der Waals surface area contributed by atoms with Gasteiger partial charge in [-0.15, -0.1) is 0 Å². The molecule has 1 saturated heterocycles. The maximum atomic E-state index is 11.9. The van der Waals surface area contributed by atoms with Crippen molar-refractivity contribution in [3.63, 3.8) is 0 Å². The van der Waals surface area contributed by atoms with Gasteiger partial charge in [-0.1, -0.05) is 30.0 Å². The number of thiocarbonyl (C=S) groups is 1. The van der Waals surface area contributed by atoms with E-state index in [1.165, 1.54) is 0 Å². The zero-order valence-electron chi connectivity index (χ0n) is 9.03. The topological polar surface area (TPSA) is 73.3 Å². The van der Waals surface area contributed by atoms with Crippen LogP contribution in [0.25, 0.3) is 6.08 Å². The molecule has 0 unspecified atom stereocenters. The number of amides is 1. The van der Waals surface area contributed by atoms with E-state index in [0.717, 1.165) is 16.7 Å². The van der Waals surface area contributed by atoms with E-state index in [1.807, 2.05) is 0 Å². The Hall–Kier alpha value is -1.73. The molecule has 2 rings (SSSR count). The first-order valence-corrected chi connectivity index (χ1v) is 6.16. The number of rotatable bonds is 3. The molecule has 0 radical (unpaired) electrons. The minimum absolute atomic E-state index is 0.214. The average molecular weight is 279 g/mol. The molecule has 1 aromatic heterocycles. The van der Waals surface area contributed by atoms with Gasteiger partial charge in [-0.05, 0) is 18.2 Å². The van der Waals surface area contributed by atoms with Gasteiger partial charge >= 0.3 is 0 Å². The van der Waals surface area contributed by atoms with Gasteiger partial charge in [-0.25, -0.2) is 0 Å². The van der Waals surface area contributed by atoms with Crippen LogP contribution in [0.4, 0.5) is 0 Å². The van der Waals surface area contributed by atoms with Crippen molar-refractivity contribution < 1.29 is 14.7 Å². The Morgan fingerprint density at radius 1 is 1.56 bits per heavy atom. The minimum atomic E-state index is -1.34. The summed E-state index contributed by atoms with van der Waals surface area (Å²) in [5.74, 6) is -1.77. The Morgan fingerprint density at radius 2 is 2.33 bits per heavy atom. The van der Waals surface area contributed by atoms with E-state index in [4.69, 9.17) is 12.2 Å². The SMILES string of the molecule is O=C([O-])CN1C(=O)C(=Cc2ccccn2)SC1=S. The Kier molecular flexibility index (Phi) is 3.73. The van der Waals surface area contributed by atoms with Crippen LogP contribution < -0.4 is 5.11 Å². The van der Waals surface area contributed by atoms with Crippen LogP contribution in [0.2, 0.25) is 0 Å². The molecule has 18 heavy (non-hydrogen) atoms. The Balaban J connectivity index is 2.23. The maximum Gasteiger partial charge on any atom is 0.266 e. The average Bonchev–Trinajstić information content (AvgIpc) is 2.58. The van der Waals surface area contributed by atoms with Crippen molar-refractivity contribution in [3.05, 3.63) is 35.0 Å². The van der Waals surface area contributed by atoms with Gasteiger partial charge in [-0.2, -0.15) is 0 Å². The summed E-state index contributed by atoms with van der Waals surface area (Å²) in [5, 5.41) is 10.5. The second-order valence-electron chi connectivity index (χ2n) is 3.39. The quantitative estimate of drug-likeness (QED) is 0.574. The molecule has 2 heterocycles. The molecular weight excluding hydrogens is 272 g/mol. The summed E-state index contributed by atoms with van der Waals surface area (Å²) in [5.41, 5.74) is 0.617. The summed E-state index contributed by atoms with van der Waals surface area (Å²) in [6.07, 6.45) is 3.18. The van der Waals surface area contributed by atoms with Gasteiger partial charge in [0.25, 0.3) is 5.91 Å². The summed E-state index contributed by atoms with van der Waals surface area (Å²) in [6.45, 7) is -0.524. The zero-order valence-corrected chi connectivity index (χ0v) is 10.7. The third kappa shape index (κ3) is 2.74.